The number of imidazole rings is 1. The van der Waals surface area contributed by atoms with Gasteiger partial charge in [-0.3, -0.25) is 0 Å². The molecule has 25 heavy (non-hydrogen) atoms. The molecular weight excluding hydrogens is 313 g/mol. The van der Waals surface area contributed by atoms with Crippen molar-refractivity contribution < 1.29 is 4.39 Å². The molecule has 0 aliphatic carbocycles. The number of para-hydroxylation sites is 2. The fourth-order valence-electron chi connectivity index (χ4n) is 2.99. The van der Waals surface area contributed by atoms with E-state index in [2.05, 4.69) is 10.6 Å². The third kappa shape index (κ3) is 2.77. The maximum absolute atomic E-state index is 13.3. The predicted molar refractivity (Wildman–Crippen MR) is 95.4 cm³/mol. The smallest absolute Gasteiger partial charge is 0.141 e. The van der Waals surface area contributed by atoms with Crippen LogP contribution in [0.2, 0.25) is 0 Å². The van der Waals surface area contributed by atoms with Crippen LogP contribution in [0.3, 0.4) is 0 Å². The van der Waals surface area contributed by atoms with Crippen LogP contribution in [-0.2, 0) is 6.54 Å². The lowest BCUT2D eigenvalue weighted by atomic mass is 10.1. The number of halogens is 1. The first-order valence-corrected chi connectivity index (χ1v) is 7.95. The highest BCUT2D eigenvalue weighted by molar-refractivity contribution is 5.80. The second kappa shape index (κ2) is 6.21. The number of rotatable bonds is 3. The van der Waals surface area contributed by atoms with Crippen molar-refractivity contribution in [3.05, 3.63) is 89.7 Å². The Morgan fingerprint density at radius 2 is 1.64 bits per heavy atom. The lowest BCUT2D eigenvalue weighted by molar-refractivity contribution is 0.628. The highest BCUT2D eigenvalue weighted by Gasteiger charge is 2.14. The van der Waals surface area contributed by atoms with E-state index in [1.54, 1.807) is 12.1 Å². The van der Waals surface area contributed by atoms with Crippen LogP contribution in [0.5, 0.6) is 0 Å². The van der Waals surface area contributed by atoms with E-state index >= 15 is 0 Å². The summed E-state index contributed by atoms with van der Waals surface area (Å²) in [6.45, 7) is 0.525. The molecule has 1 aromatic heterocycles. The van der Waals surface area contributed by atoms with Crippen molar-refractivity contribution in [2.45, 2.75) is 6.54 Å². The van der Waals surface area contributed by atoms with Crippen molar-refractivity contribution >= 4 is 11.0 Å². The number of hydrogen-bond donors (Lipinski definition) is 0. The van der Waals surface area contributed by atoms with Gasteiger partial charge in [-0.25, -0.2) is 9.37 Å². The Bertz CT molecular complexity index is 1090. The molecule has 4 heteroatoms. The van der Waals surface area contributed by atoms with Crippen molar-refractivity contribution in [1.29, 1.82) is 5.26 Å². The largest absolute Gasteiger partial charge is 0.319 e. The van der Waals surface area contributed by atoms with Crippen LogP contribution < -0.4 is 0 Å². The quantitative estimate of drug-likeness (QED) is 0.544. The first-order valence-electron chi connectivity index (χ1n) is 7.95. The van der Waals surface area contributed by atoms with Gasteiger partial charge in [0.2, 0.25) is 0 Å². The number of fused-ring (bicyclic) bond motifs is 1. The number of benzene rings is 3. The van der Waals surface area contributed by atoms with Crippen LogP contribution >= 0.6 is 0 Å². The summed E-state index contributed by atoms with van der Waals surface area (Å²) in [5, 5.41) is 9.36. The van der Waals surface area contributed by atoms with Gasteiger partial charge in [0.1, 0.15) is 11.6 Å². The zero-order valence-corrected chi connectivity index (χ0v) is 13.4. The SMILES string of the molecule is N#Cc1ccccc1Cn1c(-c2ccc(F)cc2)nc2ccccc21. The Kier molecular flexibility index (Phi) is 3.75. The van der Waals surface area contributed by atoms with E-state index in [1.807, 2.05) is 48.5 Å². The maximum atomic E-state index is 13.3. The van der Waals surface area contributed by atoms with Crippen LogP contribution in [0, 0.1) is 17.1 Å². The minimum Gasteiger partial charge on any atom is -0.319 e. The van der Waals surface area contributed by atoms with Crippen molar-refractivity contribution in [1.82, 2.24) is 9.55 Å². The van der Waals surface area contributed by atoms with Gasteiger partial charge in [-0.2, -0.15) is 5.26 Å². The number of nitrogens with zero attached hydrogens (tertiary/aromatic N) is 3. The molecule has 0 saturated heterocycles. The topological polar surface area (TPSA) is 41.6 Å². The van der Waals surface area contributed by atoms with E-state index in [1.165, 1.54) is 12.1 Å². The van der Waals surface area contributed by atoms with Gasteiger partial charge in [0.05, 0.1) is 29.2 Å². The number of hydrogen-bond acceptors (Lipinski definition) is 2. The minimum absolute atomic E-state index is 0.277. The molecule has 0 aliphatic rings. The Balaban J connectivity index is 1.91. The van der Waals surface area contributed by atoms with Crippen molar-refractivity contribution in [3.63, 3.8) is 0 Å². The summed E-state index contributed by atoms with van der Waals surface area (Å²) in [6.07, 6.45) is 0. The first-order chi connectivity index (χ1) is 12.3. The molecule has 4 rings (SSSR count). The van der Waals surface area contributed by atoms with E-state index < -0.39 is 0 Å². The summed E-state index contributed by atoms with van der Waals surface area (Å²) in [5.41, 5.74) is 4.26. The predicted octanol–water partition coefficient (Wildman–Crippen LogP) is 4.76. The molecule has 3 aromatic carbocycles. The van der Waals surface area contributed by atoms with Crippen LogP contribution in [0.1, 0.15) is 11.1 Å². The summed E-state index contributed by atoms with van der Waals surface area (Å²) >= 11 is 0. The first kappa shape index (κ1) is 15.1. The molecule has 120 valence electrons. The van der Waals surface area contributed by atoms with Crippen LogP contribution in [0.4, 0.5) is 4.39 Å². The number of nitriles is 1. The second-order valence-corrected chi connectivity index (χ2v) is 5.79. The van der Waals surface area contributed by atoms with Crippen LogP contribution in [0.15, 0.2) is 72.8 Å². The Morgan fingerprint density at radius 1 is 0.920 bits per heavy atom. The molecule has 0 spiro atoms. The van der Waals surface area contributed by atoms with Gasteiger partial charge in [0, 0.05) is 5.56 Å². The summed E-state index contributed by atoms with van der Waals surface area (Å²) in [7, 11) is 0. The van der Waals surface area contributed by atoms with Crippen LogP contribution in [0.25, 0.3) is 22.4 Å². The van der Waals surface area contributed by atoms with Crippen molar-refractivity contribution in [3.8, 4) is 17.5 Å². The highest BCUT2D eigenvalue weighted by atomic mass is 19.1. The fraction of sp³-hybridized carbons (Fsp3) is 0.0476. The van der Waals surface area contributed by atoms with Crippen molar-refractivity contribution in [2.75, 3.05) is 0 Å². The van der Waals surface area contributed by atoms with Crippen LogP contribution in [-0.4, -0.2) is 9.55 Å². The van der Waals surface area contributed by atoms with Crippen molar-refractivity contribution in [2.24, 2.45) is 0 Å². The summed E-state index contributed by atoms with van der Waals surface area (Å²) in [6, 6.07) is 24.0. The standard InChI is InChI=1S/C21H14FN3/c22-18-11-9-15(10-12-18)21-24-19-7-3-4-8-20(19)25(21)14-17-6-2-1-5-16(17)13-23/h1-12H,14H2. The molecule has 0 bridgehead atoms. The zero-order chi connectivity index (χ0) is 17.2. The highest BCUT2D eigenvalue weighted by Crippen LogP contribution is 2.26. The molecule has 0 unspecified atom stereocenters. The van der Waals surface area contributed by atoms with Gasteiger partial charge >= 0.3 is 0 Å². The molecule has 0 amide bonds. The molecule has 0 N–H and O–H groups in total. The van der Waals surface area contributed by atoms with E-state index in [0.717, 1.165) is 28.0 Å². The van der Waals surface area contributed by atoms with Gasteiger partial charge in [-0.1, -0.05) is 30.3 Å². The lowest BCUT2D eigenvalue weighted by Crippen LogP contribution is -2.04. The number of aromatic nitrogens is 2. The second-order valence-electron chi connectivity index (χ2n) is 5.79. The van der Waals surface area contributed by atoms with E-state index in [0.29, 0.717) is 12.1 Å². The molecule has 1 heterocycles. The molecule has 0 saturated carbocycles. The normalized spacial score (nSPS) is 10.7. The molecular formula is C21H14FN3. The molecule has 3 nitrogen and oxygen atoms in total. The Hall–Kier alpha value is -3.45. The van der Waals surface area contributed by atoms with E-state index in [9.17, 15) is 9.65 Å². The summed E-state index contributed by atoms with van der Waals surface area (Å²) in [5.74, 6) is 0.482. The monoisotopic (exact) mass is 327 g/mol. The third-order valence-corrected chi connectivity index (χ3v) is 4.22. The van der Waals surface area contributed by atoms with Gasteiger partial charge in [0.15, 0.2) is 0 Å². The summed E-state index contributed by atoms with van der Waals surface area (Å²) in [4.78, 5) is 4.72. The average Bonchev–Trinajstić information content (AvgIpc) is 3.01. The Labute approximate surface area is 144 Å². The fourth-order valence-corrected chi connectivity index (χ4v) is 2.99. The van der Waals surface area contributed by atoms with Gasteiger partial charge in [0.25, 0.3) is 0 Å². The Morgan fingerprint density at radius 3 is 2.44 bits per heavy atom. The molecule has 0 fully saturated rings. The lowest BCUT2D eigenvalue weighted by Gasteiger charge is -2.11. The molecule has 0 atom stereocenters. The molecule has 0 radical (unpaired) electrons. The third-order valence-electron chi connectivity index (χ3n) is 4.22. The molecule has 4 aromatic rings. The summed E-state index contributed by atoms with van der Waals surface area (Å²) < 4.78 is 15.4. The van der Waals surface area contributed by atoms with Gasteiger partial charge < -0.3 is 4.57 Å². The van der Waals surface area contributed by atoms with E-state index in [-0.39, 0.29) is 5.82 Å². The van der Waals surface area contributed by atoms with E-state index in [4.69, 9.17) is 4.98 Å². The molecule has 0 aliphatic heterocycles. The zero-order valence-electron chi connectivity index (χ0n) is 13.4. The minimum atomic E-state index is -0.277. The maximum Gasteiger partial charge on any atom is 0.141 e. The average molecular weight is 327 g/mol. The van der Waals surface area contributed by atoms with Gasteiger partial charge in [-0.05, 0) is 48.0 Å². The van der Waals surface area contributed by atoms with Gasteiger partial charge in [-0.15, -0.1) is 0 Å².